The number of nitrogens with zero attached hydrogens (tertiary/aromatic N) is 4. The molecule has 4 rings (SSSR count). The minimum absolute atomic E-state index is 0.0433. The molecule has 1 saturated carbocycles. The van der Waals surface area contributed by atoms with Gasteiger partial charge in [0.25, 0.3) is 5.56 Å². The van der Waals surface area contributed by atoms with Gasteiger partial charge in [0.05, 0.1) is 18.9 Å². The molecule has 0 amide bonds. The van der Waals surface area contributed by atoms with Crippen molar-refractivity contribution in [2.75, 3.05) is 12.8 Å². The van der Waals surface area contributed by atoms with Gasteiger partial charge in [-0.2, -0.15) is 4.98 Å². The number of nitrogens with two attached hydrogens (primary N) is 1. The van der Waals surface area contributed by atoms with E-state index in [1.54, 1.807) is 23.9 Å². The second-order valence-electron chi connectivity index (χ2n) is 7.19. The molecule has 3 N–H and O–H groups in total. The molecule has 0 aliphatic heterocycles. The average molecular weight is 381 g/mol. The Morgan fingerprint density at radius 3 is 2.61 bits per heavy atom. The summed E-state index contributed by atoms with van der Waals surface area (Å²) in [6.45, 7) is 1.86. The summed E-state index contributed by atoms with van der Waals surface area (Å²) < 4.78 is 6.84. The Kier molecular flexibility index (Phi) is 4.72. The van der Waals surface area contributed by atoms with E-state index in [4.69, 9.17) is 10.5 Å². The first kappa shape index (κ1) is 18.4. The van der Waals surface area contributed by atoms with E-state index in [1.807, 2.05) is 19.1 Å². The van der Waals surface area contributed by atoms with Gasteiger partial charge in [-0.25, -0.2) is 9.97 Å². The number of pyridine rings is 2. The van der Waals surface area contributed by atoms with Crippen molar-refractivity contribution in [3.63, 3.8) is 0 Å². The lowest BCUT2D eigenvalue weighted by atomic mass is 9.92. The molecule has 0 bridgehead atoms. The van der Waals surface area contributed by atoms with Crippen molar-refractivity contribution in [2.45, 2.75) is 44.8 Å². The molecule has 8 nitrogen and oxygen atoms in total. The smallest absolute Gasteiger partial charge is 0.260 e. The second kappa shape index (κ2) is 7.20. The van der Waals surface area contributed by atoms with Crippen molar-refractivity contribution in [3.05, 3.63) is 40.4 Å². The normalized spacial score (nSPS) is 19.7. The third kappa shape index (κ3) is 3.20. The average Bonchev–Trinajstić information content (AvgIpc) is 2.69. The summed E-state index contributed by atoms with van der Waals surface area (Å²) in [4.78, 5) is 26.4. The minimum Gasteiger partial charge on any atom is -0.481 e. The zero-order chi connectivity index (χ0) is 19.8. The van der Waals surface area contributed by atoms with Crippen LogP contribution in [-0.2, 0) is 0 Å². The summed E-state index contributed by atoms with van der Waals surface area (Å²) in [6, 6.07) is 5.31. The van der Waals surface area contributed by atoms with E-state index < -0.39 is 0 Å². The Balaban J connectivity index is 1.96. The molecule has 1 fully saturated rings. The van der Waals surface area contributed by atoms with Crippen LogP contribution in [-0.4, -0.2) is 37.8 Å². The molecule has 1 aliphatic rings. The van der Waals surface area contributed by atoms with E-state index in [2.05, 4.69) is 15.0 Å². The van der Waals surface area contributed by atoms with Crippen molar-refractivity contribution in [2.24, 2.45) is 0 Å². The molecule has 8 heteroatoms. The van der Waals surface area contributed by atoms with Crippen molar-refractivity contribution >= 4 is 17.0 Å². The molecule has 146 valence electrons. The molecule has 3 heterocycles. The predicted molar refractivity (Wildman–Crippen MR) is 106 cm³/mol. The van der Waals surface area contributed by atoms with E-state index in [0.717, 1.165) is 11.1 Å². The number of ether oxygens (including phenoxy) is 1. The number of aliphatic hydroxyl groups is 1. The van der Waals surface area contributed by atoms with Gasteiger partial charge in [-0.3, -0.25) is 9.36 Å². The van der Waals surface area contributed by atoms with Crippen molar-refractivity contribution in [1.82, 2.24) is 19.5 Å². The number of rotatable bonds is 3. The molecule has 0 radical (unpaired) electrons. The van der Waals surface area contributed by atoms with Crippen LogP contribution in [0.25, 0.3) is 22.2 Å². The van der Waals surface area contributed by atoms with Crippen LogP contribution in [0.4, 0.5) is 5.95 Å². The highest BCUT2D eigenvalue weighted by Gasteiger charge is 2.25. The summed E-state index contributed by atoms with van der Waals surface area (Å²) in [7, 11) is 1.55. The quantitative estimate of drug-likeness (QED) is 0.714. The fourth-order valence-electron chi connectivity index (χ4n) is 3.89. The van der Waals surface area contributed by atoms with Gasteiger partial charge in [0.1, 0.15) is 5.65 Å². The van der Waals surface area contributed by atoms with E-state index in [-0.39, 0.29) is 23.7 Å². The van der Waals surface area contributed by atoms with Crippen LogP contribution in [0.15, 0.2) is 29.2 Å². The van der Waals surface area contributed by atoms with Gasteiger partial charge in [0, 0.05) is 34.8 Å². The fraction of sp³-hybridized carbons (Fsp3) is 0.400. The lowest BCUT2D eigenvalue weighted by Gasteiger charge is -2.28. The molecule has 3 aromatic rings. The molecule has 0 spiro atoms. The van der Waals surface area contributed by atoms with E-state index >= 15 is 0 Å². The van der Waals surface area contributed by atoms with Crippen LogP contribution in [0.5, 0.6) is 5.88 Å². The van der Waals surface area contributed by atoms with Crippen LogP contribution in [0, 0.1) is 6.92 Å². The molecular weight excluding hydrogens is 358 g/mol. The van der Waals surface area contributed by atoms with Crippen LogP contribution >= 0.6 is 0 Å². The number of methoxy groups -OCH3 is 1. The lowest BCUT2D eigenvalue weighted by Crippen LogP contribution is -2.31. The third-order valence-electron chi connectivity index (χ3n) is 5.39. The summed E-state index contributed by atoms with van der Waals surface area (Å²) in [5, 5.41) is 10.7. The van der Waals surface area contributed by atoms with Crippen LogP contribution < -0.4 is 16.0 Å². The van der Waals surface area contributed by atoms with E-state index in [0.29, 0.717) is 48.3 Å². The number of anilines is 1. The van der Waals surface area contributed by atoms with Crippen molar-refractivity contribution in [3.8, 4) is 17.0 Å². The maximum Gasteiger partial charge on any atom is 0.260 e. The van der Waals surface area contributed by atoms with Crippen LogP contribution in [0.1, 0.15) is 37.4 Å². The fourth-order valence-corrected chi connectivity index (χ4v) is 3.89. The molecule has 0 unspecified atom stereocenters. The Labute approximate surface area is 162 Å². The highest BCUT2D eigenvalue weighted by molar-refractivity contribution is 5.84. The molecule has 3 aromatic heterocycles. The van der Waals surface area contributed by atoms with Crippen molar-refractivity contribution < 1.29 is 9.84 Å². The Bertz CT molecular complexity index is 1070. The van der Waals surface area contributed by atoms with Gasteiger partial charge in [-0.05, 0) is 44.7 Å². The number of fused-ring (bicyclic) bond motifs is 1. The molecular formula is C20H23N5O3. The SMILES string of the molecule is COc1ccc(-c2cc3c(C)nc(N)nc3n(C3CCC(O)CC3)c2=O)cn1. The summed E-state index contributed by atoms with van der Waals surface area (Å²) in [5.74, 6) is 0.631. The van der Waals surface area contributed by atoms with Gasteiger partial charge in [-0.1, -0.05) is 0 Å². The molecule has 0 saturated heterocycles. The zero-order valence-electron chi connectivity index (χ0n) is 15.9. The third-order valence-corrected chi connectivity index (χ3v) is 5.39. The maximum atomic E-state index is 13.5. The van der Waals surface area contributed by atoms with Crippen molar-refractivity contribution in [1.29, 1.82) is 0 Å². The zero-order valence-corrected chi connectivity index (χ0v) is 15.9. The highest BCUT2D eigenvalue weighted by atomic mass is 16.5. The number of aromatic nitrogens is 4. The van der Waals surface area contributed by atoms with Gasteiger partial charge < -0.3 is 15.6 Å². The largest absolute Gasteiger partial charge is 0.481 e. The summed E-state index contributed by atoms with van der Waals surface area (Å²) in [5.41, 5.74) is 8.23. The highest BCUT2D eigenvalue weighted by Crippen LogP contribution is 2.31. The molecule has 0 aromatic carbocycles. The first-order valence-electron chi connectivity index (χ1n) is 9.35. The Hall–Kier alpha value is -3.00. The number of hydrogen-bond acceptors (Lipinski definition) is 7. The number of aryl methyl sites for hydroxylation is 1. The summed E-state index contributed by atoms with van der Waals surface area (Å²) in [6.07, 6.45) is 4.06. The predicted octanol–water partition coefficient (Wildman–Crippen LogP) is 2.23. The number of aliphatic hydroxyl groups excluding tert-OH is 1. The topological polar surface area (TPSA) is 116 Å². The van der Waals surface area contributed by atoms with Gasteiger partial charge in [0.2, 0.25) is 11.8 Å². The van der Waals surface area contributed by atoms with Crippen LogP contribution in [0.2, 0.25) is 0 Å². The van der Waals surface area contributed by atoms with Gasteiger partial charge in [-0.15, -0.1) is 0 Å². The van der Waals surface area contributed by atoms with E-state index in [9.17, 15) is 9.90 Å². The monoisotopic (exact) mass is 381 g/mol. The van der Waals surface area contributed by atoms with E-state index in [1.165, 1.54) is 0 Å². The standard InChI is InChI=1S/C20H23N5O3/c1-11-15-9-16(12-3-8-17(28-2)22-10-12)19(27)25(18(15)24-20(21)23-11)13-4-6-14(26)7-5-13/h3,8-10,13-14,26H,4-7H2,1-2H3,(H2,21,23,24). The van der Waals surface area contributed by atoms with Crippen LogP contribution in [0.3, 0.4) is 0 Å². The summed E-state index contributed by atoms with van der Waals surface area (Å²) >= 11 is 0. The first-order chi connectivity index (χ1) is 13.5. The minimum atomic E-state index is -0.311. The lowest BCUT2D eigenvalue weighted by molar-refractivity contribution is 0.111. The Morgan fingerprint density at radius 1 is 1.21 bits per heavy atom. The van der Waals surface area contributed by atoms with Gasteiger partial charge >= 0.3 is 0 Å². The molecule has 28 heavy (non-hydrogen) atoms. The molecule has 1 aliphatic carbocycles. The molecule has 0 atom stereocenters. The van der Waals surface area contributed by atoms with Gasteiger partial charge in [0.15, 0.2) is 0 Å². The number of hydrogen-bond donors (Lipinski definition) is 2. The maximum absolute atomic E-state index is 13.5. The second-order valence-corrected chi connectivity index (χ2v) is 7.19. The Morgan fingerprint density at radius 2 is 1.96 bits per heavy atom. The first-order valence-corrected chi connectivity index (χ1v) is 9.35. The number of nitrogen functional groups attached to an aromatic ring is 1.